The first kappa shape index (κ1) is 9.89. The number of nitrogen functional groups attached to an aromatic ring is 1. The van der Waals surface area contributed by atoms with Crippen LogP contribution in [-0.2, 0) is 13.5 Å². The summed E-state index contributed by atoms with van der Waals surface area (Å²) in [7, 11) is 1.85. The summed E-state index contributed by atoms with van der Waals surface area (Å²) in [6.45, 7) is 4.78. The van der Waals surface area contributed by atoms with E-state index >= 15 is 0 Å². The first-order valence-corrected chi connectivity index (χ1v) is 4.64. The summed E-state index contributed by atoms with van der Waals surface area (Å²) in [6.07, 6.45) is 1.82. The van der Waals surface area contributed by atoms with Crippen molar-refractivity contribution >= 4 is 5.69 Å². The summed E-state index contributed by atoms with van der Waals surface area (Å²) in [5, 5.41) is 4.25. The van der Waals surface area contributed by atoms with Gasteiger partial charge in [-0.25, -0.2) is 4.68 Å². The van der Waals surface area contributed by atoms with Gasteiger partial charge in [0.25, 0.3) is 0 Å². The summed E-state index contributed by atoms with van der Waals surface area (Å²) >= 11 is 0. The van der Waals surface area contributed by atoms with E-state index in [2.05, 4.69) is 12.0 Å². The van der Waals surface area contributed by atoms with Crippen LogP contribution in [0, 0.1) is 0 Å². The van der Waals surface area contributed by atoms with E-state index in [1.54, 1.807) is 4.68 Å². The van der Waals surface area contributed by atoms with Gasteiger partial charge in [-0.3, -0.25) is 0 Å². The fraction of sp³-hybridized carbons (Fsp3) is 0.667. The van der Waals surface area contributed by atoms with Crippen molar-refractivity contribution in [3.05, 3.63) is 5.69 Å². The highest BCUT2D eigenvalue weighted by Gasteiger charge is 2.12. The van der Waals surface area contributed by atoms with E-state index in [1.165, 1.54) is 0 Å². The van der Waals surface area contributed by atoms with Crippen LogP contribution in [0.1, 0.15) is 26.0 Å². The molecule has 0 unspecified atom stereocenters. The zero-order valence-corrected chi connectivity index (χ0v) is 8.50. The van der Waals surface area contributed by atoms with E-state index in [4.69, 9.17) is 10.5 Å². The van der Waals surface area contributed by atoms with Gasteiger partial charge in [-0.05, 0) is 12.8 Å². The average Bonchev–Trinajstić information content (AvgIpc) is 2.39. The molecule has 4 nitrogen and oxygen atoms in total. The van der Waals surface area contributed by atoms with Crippen molar-refractivity contribution in [2.45, 2.75) is 26.7 Å². The number of ether oxygens (including phenoxy) is 1. The first-order valence-electron chi connectivity index (χ1n) is 4.64. The lowest BCUT2D eigenvalue weighted by molar-refractivity contribution is 0.291. The molecule has 0 aliphatic rings. The van der Waals surface area contributed by atoms with Crippen LogP contribution in [0.2, 0.25) is 0 Å². The lowest BCUT2D eigenvalue weighted by Crippen LogP contribution is -2.02. The number of aromatic nitrogens is 2. The number of rotatable bonds is 4. The van der Waals surface area contributed by atoms with Gasteiger partial charge in [-0.15, -0.1) is 0 Å². The van der Waals surface area contributed by atoms with Crippen molar-refractivity contribution in [1.29, 1.82) is 0 Å². The van der Waals surface area contributed by atoms with Gasteiger partial charge >= 0.3 is 0 Å². The monoisotopic (exact) mass is 183 g/mol. The van der Waals surface area contributed by atoms with Crippen molar-refractivity contribution < 1.29 is 4.74 Å². The van der Waals surface area contributed by atoms with E-state index in [0.29, 0.717) is 18.2 Å². The molecular formula is C9H17N3O. The van der Waals surface area contributed by atoms with E-state index in [-0.39, 0.29) is 0 Å². The topological polar surface area (TPSA) is 53.1 Å². The molecular weight excluding hydrogens is 166 g/mol. The van der Waals surface area contributed by atoms with E-state index in [1.807, 2.05) is 14.0 Å². The average molecular weight is 183 g/mol. The van der Waals surface area contributed by atoms with Crippen LogP contribution < -0.4 is 10.5 Å². The van der Waals surface area contributed by atoms with E-state index in [0.717, 1.165) is 18.5 Å². The third-order valence-electron chi connectivity index (χ3n) is 1.88. The molecule has 4 heteroatoms. The fourth-order valence-corrected chi connectivity index (χ4v) is 1.21. The van der Waals surface area contributed by atoms with Gasteiger partial charge in [0.05, 0.1) is 12.3 Å². The van der Waals surface area contributed by atoms with E-state index in [9.17, 15) is 0 Å². The van der Waals surface area contributed by atoms with Crippen molar-refractivity contribution in [3.8, 4) is 5.88 Å². The normalized spacial score (nSPS) is 10.4. The maximum absolute atomic E-state index is 5.85. The highest BCUT2D eigenvalue weighted by atomic mass is 16.5. The first-order chi connectivity index (χ1) is 6.20. The molecule has 0 saturated heterocycles. The predicted octanol–water partition coefficient (Wildman–Crippen LogP) is 1.35. The highest BCUT2D eigenvalue weighted by molar-refractivity contribution is 5.52. The zero-order valence-electron chi connectivity index (χ0n) is 8.50. The lowest BCUT2D eigenvalue weighted by Gasteiger charge is -2.04. The third kappa shape index (κ3) is 1.94. The Morgan fingerprint density at radius 1 is 1.46 bits per heavy atom. The van der Waals surface area contributed by atoms with Gasteiger partial charge in [0.1, 0.15) is 5.69 Å². The Morgan fingerprint density at radius 3 is 2.62 bits per heavy atom. The zero-order chi connectivity index (χ0) is 9.84. The maximum Gasteiger partial charge on any atom is 0.235 e. The van der Waals surface area contributed by atoms with Crippen molar-refractivity contribution in [2.75, 3.05) is 12.3 Å². The predicted molar refractivity (Wildman–Crippen MR) is 52.8 cm³/mol. The number of aryl methyl sites for hydroxylation is 2. The maximum atomic E-state index is 5.85. The minimum Gasteiger partial charge on any atom is -0.476 e. The highest BCUT2D eigenvalue weighted by Crippen LogP contribution is 2.24. The van der Waals surface area contributed by atoms with Gasteiger partial charge in [0.15, 0.2) is 0 Å². The molecule has 0 saturated carbocycles. The Bertz CT molecular complexity index is 281. The summed E-state index contributed by atoms with van der Waals surface area (Å²) in [5.74, 6) is 0.693. The van der Waals surface area contributed by atoms with Crippen molar-refractivity contribution in [3.63, 3.8) is 0 Å². The Hall–Kier alpha value is -1.19. The number of hydrogen-bond acceptors (Lipinski definition) is 3. The summed E-state index contributed by atoms with van der Waals surface area (Å²) in [4.78, 5) is 0. The largest absolute Gasteiger partial charge is 0.476 e. The molecule has 0 radical (unpaired) electrons. The molecule has 2 N–H and O–H groups in total. The molecule has 1 heterocycles. The molecule has 0 amide bonds. The van der Waals surface area contributed by atoms with Crippen LogP contribution in [-0.4, -0.2) is 16.4 Å². The Labute approximate surface area is 78.7 Å². The van der Waals surface area contributed by atoms with Crippen LogP contribution >= 0.6 is 0 Å². The molecule has 1 rings (SSSR count). The van der Waals surface area contributed by atoms with Gasteiger partial charge in [0.2, 0.25) is 5.88 Å². The van der Waals surface area contributed by atoms with E-state index < -0.39 is 0 Å². The summed E-state index contributed by atoms with van der Waals surface area (Å²) in [5.41, 5.74) is 7.44. The van der Waals surface area contributed by atoms with Gasteiger partial charge in [0, 0.05) is 7.05 Å². The Kier molecular flexibility index (Phi) is 3.17. The SMILES string of the molecule is CCCOc1c(N)c(CC)nn1C. The molecule has 13 heavy (non-hydrogen) atoms. The fourth-order valence-electron chi connectivity index (χ4n) is 1.21. The molecule has 0 spiro atoms. The Morgan fingerprint density at radius 2 is 2.15 bits per heavy atom. The number of nitrogens with two attached hydrogens (primary N) is 1. The summed E-state index contributed by atoms with van der Waals surface area (Å²) < 4.78 is 7.17. The minimum absolute atomic E-state index is 0.679. The summed E-state index contributed by atoms with van der Waals surface area (Å²) in [6, 6.07) is 0. The van der Waals surface area contributed by atoms with Gasteiger partial charge in [-0.1, -0.05) is 13.8 Å². The quantitative estimate of drug-likeness (QED) is 0.766. The molecule has 74 valence electrons. The Balaban J connectivity index is 2.85. The molecule has 1 aromatic heterocycles. The third-order valence-corrected chi connectivity index (χ3v) is 1.88. The molecule has 0 aliphatic heterocycles. The standard InChI is InChI=1S/C9H17N3O/c1-4-6-13-9-8(10)7(5-2)11-12(9)3/h4-6,10H2,1-3H3. The van der Waals surface area contributed by atoms with Crippen LogP contribution in [0.15, 0.2) is 0 Å². The van der Waals surface area contributed by atoms with Crippen LogP contribution in [0.25, 0.3) is 0 Å². The molecule has 0 atom stereocenters. The minimum atomic E-state index is 0.679. The van der Waals surface area contributed by atoms with Gasteiger partial charge in [-0.2, -0.15) is 5.10 Å². The second-order valence-corrected chi connectivity index (χ2v) is 2.99. The number of hydrogen-bond donors (Lipinski definition) is 1. The molecule has 0 fully saturated rings. The van der Waals surface area contributed by atoms with Crippen LogP contribution in [0.3, 0.4) is 0 Å². The molecule has 0 aliphatic carbocycles. The van der Waals surface area contributed by atoms with Gasteiger partial charge < -0.3 is 10.5 Å². The number of nitrogens with zero attached hydrogens (tertiary/aromatic N) is 2. The van der Waals surface area contributed by atoms with Crippen molar-refractivity contribution in [1.82, 2.24) is 9.78 Å². The van der Waals surface area contributed by atoms with Crippen LogP contribution in [0.4, 0.5) is 5.69 Å². The van der Waals surface area contributed by atoms with Crippen molar-refractivity contribution in [2.24, 2.45) is 7.05 Å². The lowest BCUT2D eigenvalue weighted by atomic mass is 10.3. The second-order valence-electron chi connectivity index (χ2n) is 2.99. The molecule has 0 bridgehead atoms. The smallest absolute Gasteiger partial charge is 0.235 e. The van der Waals surface area contributed by atoms with Crippen LogP contribution in [0.5, 0.6) is 5.88 Å². The molecule has 0 aromatic carbocycles. The second kappa shape index (κ2) is 4.16. The number of anilines is 1. The molecule has 1 aromatic rings.